The Hall–Kier alpha value is -1.68. The highest BCUT2D eigenvalue weighted by Gasteiger charge is 2.17. The van der Waals surface area contributed by atoms with Crippen LogP contribution in [0.15, 0.2) is 30.5 Å². The summed E-state index contributed by atoms with van der Waals surface area (Å²) >= 11 is 0. The van der Waals surface area contributed by atoms with Crippen LogP contribution in [-0.2, 0) is 0 Å². The fourth-order valence-corrected chi connectivity index (χ4v) is 2.91. The normalized spacial score (nSPS) is 17.4. The second-order valence-electron chi connectivity index (χ2n) is 5.53. The quantitative estimate of drug-likeness (QED) is 0.927. The van der Waals surface area contributed by atoms with Crippen molar-refractivity contribution in [3.8, 4) is 0 Å². The highest BCUT2D eigenvalue weighted by molar-refractivity contribution is 5.90. The zero-order chi connectivity index (χ0) is 13.8. The highest BCUT2D eigenvalue weighted by Crippen LogP contribution is 2.22. The molecule has 1 aliphatic rings. The van der Waals surface area contributed by atoms with E-state index in [4.69, 9.17) is 0 Å². The van der Waals surface area contributed by atoms with E-state index in [2.05, 4.69) is 39.5 Å². The number of nitrogens with zero attached hydrogens (tertiary/aromatic N) is 3. The lowest BCUT2D eigenvalue weighted by atomic mass is 9.96. The Bertz CT molecular complexity index is 556. The molecule has 0 aliphatic carbocycles. The molecular weight excluding hydrogens is 248 g/mol. The third kappa shape index (κ3) is 2.90. The van der Waals surface area contributed by atoms with Crippen LogP contribution >= 0.6 is 0 Å². The van der Waals surface area contributed by atoms with Crippen molar-refractivity contribution in [2.24, 2.45) is 5.92 Å². The van der Waals surface area contributed by atoms with Gasteiger partial charge in [0.1, 0.15) is 0 Å². The Morgan fingerprint density at radius 1 is 1.25 bits per heavy atom. The topological polar surface area (TPSA) is 41.0 Å². The molecule has 0 radical (unpaired) electrons. The molecule has 2 aromatic rings. The molecular formula is C16H22N4. The second kappa shape index (κ2) is 6.18. The Kier molecular flexibility index (Phi) is 4.11. The first-order valence-corrected chi connectivity index (χ1v) is 7.53. The Morgan fingerprint density at radius 3 is 2.85 bits per heavy atom. The monoisotopic (exact) mass is 270 g/mol. The molecule has 1 aromatic heterocycles. The van der Waals surface area contributed by atoms with Gasteiger partial charge in [0.2, 0.25) is 0 Å². The smallest absolute Gasteiger partial charge is 0.0950 e. The van der Waals surface area contributed by atoms with Crippen molar-refractivity contribution in [3.05, 3.63) is 30.5 Å². The average Bonchev–Trinajstić information content (AvgIpc) is 2.53. The first-order valence-electron chi connectivity index (χ1n) is 7.53. The Labute approximate surface area is 120 Å². The molecule has 0 bridgehead atoms. The standard InChI is InChI=1S/C16H22N4/c1-2-20-9-7-13(8-10-20)11-17-16-12-18-19-15-6-4-3-5-14(15)16/h3-6,12-13H,2,7-11H2,1H3,(H,17,19). The third-order valence-electron chi connectivity index (χ3n) is 4.28. The van der Waals surface area contributed by atoms with Crippen molar-refractivity contribution < 1.29 is 0 Å². The van der Waals surface area contributed by atoms with Crippen LogP contribution in [0.3, 0.4) is 0 Å². The van der Waals surface area contributed by atoms with Gasteiger partial charge in [-0.15, -0.1) is 0 Å². The lowest BCUT2D eigenvalue weighted by Crippen LogP contribution is -2.35. The zero-order valence-corrected chi connectivity index (χ0v) is 12.0. The summed E-state index contributed by atoms with van der Waals surface area (Å²) < 4.78 is 0. The van der Waals surface area contributed by atoms with Crippen LogP contribution in [0.1, 0.15) is 19.8 Å². The summed E-state index contributed by atoms with van der Waals surface area (Å²) in [5.74, 6) is 0.768. The van der Waals surface area contributed by atoms with Crippen LogP contribution in [-0.4, -0.2) is 41.3 Å². The number of piperidine rings is 1. The van der Waals surface area contributed by atoms with E-state index in [9.17, 15) is 0 Å². The number of anilines is 1. The molecule has 1 N–H and O–H groups in total. The number of nitrogens with one attached hydrogen (secondary N) is 1. The number of likely N-dealkylation sites (tertiary alicyclic amines) is 1. The number of benzene rings is 1. The summed E-state index contributed by atoms with van der Waals surface area (Å²) in [6.45, 7) is 6.93. The van der Waals surface area contributed by atoms with Crippen molar-refractivity contribution in [3.63, 3.8) is 0 Å². The molecule has 0 amide bonds. The minimum Gasteiger partial charge on any atom is -0.383 e. The van der Waals surface area contributed by atoms with Crippen molar-refractivity contribution >= 4 is 16.6 Å². The van der Waals surface area contributed by atoms with Gasteiger partial charge >= 0.3 is 0 Å². The molecule has 106 valence electrons. The maximum Gasteiger partial charge on any atom is 0.0950 e. The number of hydrogen-bond donors (Lipinski definition) is 1. The lowest BCUT2D eigenvalue weighted by Gasteiger charge is -2.31. The molecule has 0 unspecified atom stereocenters. The molecule has 4 nitrogen and oxygen atoms in total. The van der Waals surface area contributed by atoms with Gasteiger partial charge in [0.15, 0.2) is 0 Å². The van der Waals surface area contributed by atoms with Gasteiger partial charge in [-0.25, -0.2) is 0 Å². The van der Waals surface area contributed by atoms with Crippen LogP contribution in [0, 0.1) is 5.92 Å². The van der Waals surface area contributed by atoms with Crippen molar-refractivity contribution in [1.82, 2.24) is 15.1 Å². The SMILES string of the molecule is CCN1CCC(CNc2cnnc3ccccc23)CC1. The Balaban J connectivity index is 1.63. The van der Waals surface area contributed by atoms with Gasteiger partial charge in [-0.1, -0.05) is 25.1 Å². The summed E-state index contributed by atoms with van der Waals surface area (Å²) in [5.41, 5.74) is 2.06. The maximum atomic E-state index is 4.16. The maximum absolute atomic E-state index is 4.16. The Morgan fingerprint density at radius 2 is 2.05 bits per heavy atom. The van der Waals surface area contributed by atoms with E-state index in [1.165, 1.54) is 32.5 Å². The van der Waals surface area contributed by atoms with Gasteiger partial charge < -0.3 is 10.2 Å². The predicted molar refractivity (Wildman–Crippen MR) is 82.9 cm³/mol. The molecule has 0 spiro atoms. The largest absolute Gasteiger partial charge is 0.383 e. The third-order valence-corrected chi connectivity index (χ3v) is 4.28. The number of hydrogen-bond acceptors (Lipinski definition) is 4. The summed E-state index contributed by atoms with van der Waals surface area (Å²) in [4.78, 5) is 2.53. The minimum absolute atomic E-state index is 0.768. The summed E-state index contributed by atoms with van der Waals surface area (Å²) in [6, 6.07) is 8.16. The van der Waals surface area contributed by atoms with Crippen molar-refractivity contribution in [1.29, 1.82) is 0 Å². The molecule has 1 aromatic carbocycles. The number of rotatable bonds is 4. The predicted octanol–water partition coefficient (Wildman–Crippen LogP) is 2.77. The van der Waals surface area contributed by atoms with Gasteiger partial charge in [0.05, 0.1) is 17.4 Å². The van der Waals surface area contributed by atoms with Crippen molar-refractivity contribution in [2.75, 3.05) is 31.5 Å². The van der Waals surface area contributed by atoms with E-state index in [1.807, 2.05) is 18.3 Å². The summed E-state index contributed by atoms with van der Waals surface area (Å²) in [7, 11) is 0. The number of fused-ring (bicyclic) bond motifs is 1. The van der Waals surface area contributed by atoms with Crippen LogP contribution < -0.4 is 5.32 Å². The fourth-order valence-electron chi connectivity index (χ4n) is 2.91. The van der Waals surface area contributed by atoms with E-state index < -0.39 is 0 Å². The fraction of sp³-hybridized carbons (Fsp3) is 0.500. The molecule has 20 heavy (non-hydrogen) atoms. The highest BCUT2D eigenvalue weighted by atomic mass is 15.1. The van der Waals surface area contributed by atoms with Crippen LogP contribution in [0.5, 0.6) is 0 Å². The van der Waals surface area contributed by atoms with E-state index >= 15 is 0 Å². The van der Waals surface area contributed by atoms with Gasteiger partial charge in [-0.05, 0) is 44.5 Å². The van der Waals surface area contributed by atoms with E-state index in [0.717, 1.165) is 29.1 Å². The van der Waals surface area contributed by atoms with Crippen LogP contribution in [0.25, 0.3) is 10.9 Å². The van der Waals surface area contributed by atoms with E-state index in [1.54, 1.807) is 0 Å². The molecule has 4 heteroatoms. The molecule has 1 saturated heterocycles. The first kappa shape index (κ1) is 13.3. The molecule has 0 saturated carbocycles. The number of aromatic nitrogens is 2. The van der Waals surface area contributed by atoms with Gasteiger partial charge in [0, 0.05) is 11.9 Å². The molecule has 2 heterocycles. The minimum atomic E-state index is 0.768. The van der Waals surface area contributed by atoms with Gasteiger partial charge in [0.25, 0.3) is 0 Å². The van der Waals surface area contributed by atoms with Gasteiger partial charge in [-0.2, -0.15) is 10.2 Å². The van der Waals surface area contributed by atoms with Gasteiger partial charge in [-0.3, -0.25) is 0 Å². The second-order valence-corrected chi connectivity index (χ2v) is 5.53. The summed E-state index contributed by atoms with van der Waals surface area (Å²) in [5, 5.41) is 13.0. The molecule has 3 rings (SSSR count). The first-order chi connectivity index (χ1) is 9.86. The lowest BCUT2D eigenvalue weighted by molar-refractivity contribution is 0.198. The van der Waals surface area contributed by atoms with Crippen LogP contribution in [0.2, 0.25) is 0 Å². The van der Waals surface area contributed by atoms with Crippen molar-refractivity contribution in [2.45, 2.75) is 19.8 Å². The van der Waals surface area contributed by atoms with E-state index in [-0.39, 0.29) is 0 Å². The van der Waals surface area contributed by atoms with Crippen LogP contribution in [0.4, 0.5) is 5.69 Å². The molecule has 1 fully saturated rings. The molecule has 1 aliphatic heterocycles. The molecule has 0 atom stereocenters. The van der Waals surface area contributed by atoms with E-state index in [0.29, 0.717) is 0 Å². The average molecular weight is 270 g/mol. The zero-order valence-electron chi connectivity index (χ0n) is 12.0. The summed E-state index contributed by atoms with van der Waals surface area (Å²) in [6.07, 6.45) is 4.41.